The van der Waals surface area contributed by atoms with Crippen molar-refractivity contribution in [2.45, 2.75) is 13.3 Å². The van der Waals surface area contributed by atoms with Crippen molar-refractivity contribution in [3.63, 3.8) is 0 Å². The molecule has 24 heavy (non-hydrogen) atoms. The molecule has 0 aromatic heterocycles. The van der Waals surface area contributed by atoms with Crippen LogP contribution in [0.3, 0.4) is 0 Å². The molecule has 1 aliphatic rings. The van der Waals surface area contributed by atoms with Gasteiger partial charge in [-0.3, -0.25) is 4.57 Å². The summed E-state index contributed by atoms with van der Waals surface area (Å²) < 4.78 is 19.9. The average Bonchev–Trinajstić information content (AvgIpc) is 2.54. The molecule has 0 radical (unpaired) electrons. The van der Waals surface area contributed by atoms with Crippen LogP contribution >= 0.6 is 7.37 Å². The van der Waals surface area contributed by atoms with E-state index in [1.54, 1.807) is 0 Å². The van der Waals surface area contributed by atoms with Gasteiger partial charge in [-0.25, -0.2) is 0 Å². The van der Waals surface area contributed by atoms with Gasteiger partial charge in [0.2, 0.25) is 0 Å². The summed E-state index contributed by atoms with van der Waals surface area (Å²) >= 11 is 0. The molecule has 0 amide bonds. The summed E-state index contributed by atoms with van der Waals surface area (Å²) in [5, 5.41) is 1.69. The van der Waals surface area contributed by atoms with Crippen molar-refractivity contribution in [3.8, 4) is 0 Å². The molecule has 5 heteroatoms. The van der Waals surface area contributed by atoms with E-state index in [-0.39, 0.29) is 0 Å². The Labute approximate surface area is 144 Å². The second-order valence-corrected chi connectivity index (χ2v) is 8.89. The van der Waals surface area contributed by atoms with E-state index in [1.807, 2.05) is 57.0 Å². The predicted molar refractivity (Wildman–Crippen MR) is 103 cm³/mol. The van der Waals surface area contributed by atoms with Gasteiger partial charge in [-0.15, -0.1) is 0 Å². The van der Waals surface area contributed by atoms with Crippen LogP contribution in [0.15, 0.2) is 36.4 Å². The van der Waals surface area contributed by atoms with E-state index < -0.39 is 7.37 Å². The molecular formula is C19H25N2O2P. The predicted octanol–water partition coefficient (Wildman–Crippen LogP) is 2.99. The second-order valence-electron chi connectivity index (χ2n) is 6.56. The van der Waals surface area contributed by atoms with Crippen LogP contribution in [0.5, 0.6) is 0 Å². The lowest BCUT2D eigenvalue weighted by Gasteiger charge is -2.30. The number of benzene rings is 2. The maximum atomic E-state index is 14.0. The quantitative estimate of drug-likeness (QED) is 0.799. The van der Waals surface area contributed by atoms with Gasteiger partial charge in [0.25, 0.3) is 7.37 Å². The zero-order valence-corrected chi connectivity index (χ0v) is 15.9. The first-order valence-electron chi connectivity index (χ1n) is 8.23. The van der Waals surface area contributed by atoms with Gasteiger partial charge >= 0.3 is 0 Å². The smallest absolute Gasteiger partial charge is 0.261 e. The number of anilines is 2. The van der Waals surface area contributed by atoms with Crippen LogP contribution in [0.2, 0.25) is 0 Å². The van der Waals surface area contributed by atoms with Crippen LogP contribution in [0.1, 0.15) is 18.1 Å². The van der Waals surface area contributed by atoms with Crippen molar-refractivity contribution in [3.05, 3.63) is 47.5 Å². The zero-order valence-electron chi connectivity index (χ0n) is 15.0. The fourth-order valence-corrected chi connectivity index (χ4v) is 5.73. The van der Waals surface area contributed by atoms with E-state index in [4.69, 9.17) is 4.52 Å². The van der Waals surface area contributed by atoms with Crippen molar-refractivity contribution < 1.29 is 9.09 Å². The van der Waals surface area contributed by atoms with Crippen molar-refractivity contribution >= 4 is 29.4 Å². The van der Waals surface area contributed by atoms with E-state index in [0.717, 1.165) is 39.5 Å². The number of hydrogen-bond acceptors (Lipinski definition) is 4. The Hall–Kier alpha value is -1.77. The summed E-state index contributed by atoms with van der Waals surface area (Å²) in [4.78, 5) is 4.06. The van der Waals surface area contributed by atoms with Crippen molar-refractivity contribution in [1.29, 1.82) is 0 Å². The molecule has 2 aromatic rings. The van der Waals surface area contributed by atoms with E-state index >= 15 is 0 Å². The Morgan fingerprint density at radius 2 is 1.38 bits per heavy atom. The van der Waals surface area contributed by atoms with Crippen LogP contribution in [-0.2, 0) is 15.5 Å². The number of hydrogen-bond donors (Lipinski definition) is 0. The molecule has 0 N–H and O–H groups in total. The van der Waals surface area contributed by atoms with Gasteiger partial charge < -0.3 is 14.3 Å². The van der Waals surface area contributed by atoms with Gasteiger partial charge in [-0.2, -0.15) is 0 Å². The second kappa shape index (κ2) is 6.27. The average molecular weight is 344 g/mol. The van der Waals surface area contributed by atoms with Gasteiger partial charge in [0.1, 0.15) is 0 Å². The van der Waals surface area contributed by atoms with Crippen LogP contribution < -0.4 is 20.4 Å². The molecule has 0 unspecified atom stereocenters. The molecule has 0 bridgehead atoms. The minimum Gasteiger partial charge on any atom is -0.378 e. The third-order valence-electron chi connectivity index (χ3n) is 4.50. The summed E-state index contributed by atoms with van der Waals surface area (Å²) in [7, 11) is 4.90. The summed E-state index contributed by atoms with van der Waals surface area (Å²) in [6.45, 7) is 2.33. The SMILES string of the molecule is CCOP1(=O)c2cc(N(C)C)ccc2Cc2ccc(N(C)C)cc21. The van der Waals surface area contributed by atoms with E-state index in [1.165, 1.54) is 0 Å². The standard InChI is InChI=1S/C19H25N2O2P/c1-6-23-24(22)18-12-16(20(2)3)9-7-14(18)11-15-8-10-17(21(4)5)13-19(15)24/h7-10,12-13H,6,11H2,1-5H3. The van der Waals surface area contributed by atoms with Gasteiger partial charge in [-0.1, -0.05) is 12.1 Å². The molecule has 0 saturated carbocycles. The first-order valence-corrected chi connectivity index (χ1v) is 9.85. The summed E-state index contributed by atoms with van der Waals surface area (Å²) in [5.74, 6) is 0. The highest BCUT2D eigenvalue weighted by Gasteiger charge is 2.37. The minimum atomic E-state index is -3.08. The summed E-state index contributed by atoms with van der Waals surface area (Å²) in [6.07, 6.45) is 0.795. The van der Waals surface area contributed by atoms with E-state index in [2.05, 4.69) is 24.3 Å². The normalized spacial score (nSPS) is 14.7. The monoisotopic (exact) mass is 344 g/mol. The minimum absolute atomic E-state index is 0.425. The lowest BCUT2D eigenvalue weighted by Crippen LogP contribution is -2.31. The molecule has 0 saturated heterocycles. The highest BCUT2D eigenvalue weighted by molar-refractivity contribution is 7.74. The topological polar surface area (TPSA) is 32.8 Å². The third-order valence-corrected chi connectivity index (χ3v) is 7.22. The Morgan fingerprint density at radius 3 is 1.75 bits per heavy atom. The fraction of sp³-hybridized carbons (Fsp3) is 0.368. The zero-order chi connectivity index (χ0) is 17.5. The molecular weight excluding hydrogens is 319 g/mol. The number of rotatable bonds is 4. The van der Waals surface area contributed by atoms with Gasteiger partial charge in [0.05, 0.1) is 6.61 Å². The van der Waals surface area contributed by atoms with Gasteiger partial charge in [0, 0.05) is 50.2 Å². The molecule has 4 nitrogen and oxygen atoms in total. The molecule has 0 fully saturated rings. The number of nitrogens with zero attached hydrogens (tertiary/aromatic N) is 2. The van der Waals surface area contributed by atoms with E-state index in [0.29, 0.717) is 6.61 Å². The highest BCUT2D eigenvalue weighted by Crippen LogP contribution is 2.50. The summed E-state index contributed by atoms with van der Waals surface area (Å²) in [6, 6.07) is 12.4. The molecule has 0 aliphatic carbocycles. The Kier molecular flexibility index (Phi) is 4.46. The molecule has 1 aliphatic heterocycles. The molecule has 128 valence electrons. The lowest BCUT2D eigenvalue weighted by atomic mass is 10.0. The van der Waals surface area contributed by atoms with Crippen LogP contribution in [0, 0.1) is 0 Å². The molecule has 3 rings (SSSR count). The van der Waals surface area contributed by atoms with Gasteiger partial charge in [-0.05, 0) is 48.7 Å². The lowest BCUT2D eigenvalue weighted by molar-refractivity contribution is 0.347. The van der Waals surface area contributed by atoms with Crippen LogP contribution in [-0.4, -0.2) is 34.8 Å². The van der Waals surface area contributed by atoms with Crippen molar-refractivity contribution in [2.24, 2.45) is 0 Å². The Morgan fingerprint density at radius 1 is 0.917 bits per heavy atom. The van der Waals surface area contributed by atoms with E-state index in [9.17, 15) is 4.57 Å². The van der Waals surface area contributed by atoms with Crippen molar-refractivity contribution in [2.75, 3.05) is 44.6 Å². The number of fused-ring (bicyclic) bond motifs is 2. The highest BCUT2D eigenvalue weighted by atomic mass is 31.2. The Balaban J connectivity index is 2.23. The third kappa shape index (κ3) is 2.74. The molecule has 1 heterocycles. The van der Waals surface area contributed by atoms with Gasteiger partial charge in [0.15, 0.2) is 0 Å². The molecule has 0 spiro atoms. The van der Waals surface area contributed by atoms with Crippen molar-refractivity contribution in [1.82, 2.24) is 0 Å². The largest absolute Gasteiger partial charge is 0.378 e. The van der Waals surface area contributed by atoms with Crippen LogP contribution in [0.25, 0.3) is 0 Å². The molecule has 2 aromatic carbocycles. The summed E-state index contributed by atoms with van der Waals surface area (Å²) in [5.41, 5.74) is 4.28. The molecule has 0 atom stereocenters. The maximum Gasteiger partial charge on any atom is 0.261 e. The first-order chi connectivity index (χ1) is 11.4. The Bertz CT molecular complexity index is 754. The maximum absolute atomic E-state index is 14.0. The fourth-order valence-electron chi connectivity index (χ4n) is 3.16. The van der Waals surface area contributed by atoms with Crippen LogP contribution in [0.4, 0.5) is 11.4 Å². The first kappa shape index (κ1) is 17.1.